The average molecular weight is 322 g/mol. The van der Waals surface area contributed by atoms with Crippen LogP contribution in [0, 0.1) is 0 Å². The molecule has 0 spiro atoms. The van der Waals surface area contributed by atoms with Crippen molar-refractivity contribution in [3.05, 3.63) is 84.0 Å². The molecule has 0 aliphatic carbocycles. The number of aromatic carboxylic acids is 2. The fourth-order valence-electron chi connectivity index (χ4n) is 2.63. The molecule has 2 aromatic carbocycles. The van der Waals surface area contributed by atoms with Crippen molar-refractivity contribution in [3.8, 4) is 11.1 Å². The zero-order valence-electron chi connectivity index (χ0n) is 13.2. The molecule has 4 heteroatoms. The molecule has 0 heterocycles. The van der Waals surface area contributed by atoms with Crippen LogP contribution in [0.1, 0.15) is 31.8 Å². The summed E-state index contributed by atoms with van der Waals surface area (Å²) in [6, 6.07) is 9.86. The summed E-state index contributed by atoms with van der Waals surface area (Å²) in [5.41, 5.74) is 3.82. The zero-order chi connectivity index (χ0) is 17.7. The van der Waals surface area contributed by atoms with Gasteiger partial charge in [0, 0.05) is 0 Å². The van der Waals surface area contributed by atoms with Crippen molar-refractivity contribution in [2.45, 2.75) is 12.8 Å². The van der Waals surface area contributed by atoms with Gasteiger partial charge in [0.25, 0.3) is 0 Å². The van der Waals surface area contributed by atoms with E-state index in [2.05, 4.69) is 13.2 Å². The van der Waals surface area contributed by atoms with E-state index in [1.165, 1.54) is 0 Å². The van der Waals surface area contributed by atoms with Gasteiger partial charge in [0.2, 0.25) is 0 Å². The highest BCUT2D eigenvalue weighted by atomic mass is 16.4. The summed E-state index contributed by atoms with van der Waals surface area (Å²) < 4.78 is 0. The van der Waals surface area contributed by atoms with Crippen molar-refractivity contribution in [2.24, 2.45) is 0 Å². The van der Waals surface area contributed by atoms with Crippen LogP contribution in [0.3, 0.4) is 0 Å². The lowest BCUT2D eigenvalue weighted by Gasteiger charge is -2.14. The van der Waals surface area contributed by atoms with Crippen LogP contribution in [0.4, 0.5) is 0 Å². The number of hydrogen-bond acceptors (Lipinski definition) is 2. The van der Waals surface area contributed by atoms with E-state index >= 15 is 0 Å². The van der Waals surface area contributed by atoms with Crippen molar-refractivity contribution in [1.82, 2.24) is 0 Å². The second-order valence-electron chi connectivity index (χ2n) is 5.34. The monoisotopic (exact) mass is 322 g/mol. The molecule has 2 rings (SSSR count). The Morgan fingerprint density at radius 3 is 1.46 bits per heavy atom. The normalized spacial score (nSPS) is 10.2. The van der Waals surface area contributed by atoms with Gasteiger partial charge in [-0.2, -0.15) is 0 Å². The smallest absolute Gasteiger partial charge is 0.335 e. The minimum Gasteiger partial charge on any atom is -0.478 e. The van der Waals surface area contributed by atoms with E-state index in [0.717, 1.165) is 22.3 Å². The average Bonchev–Trinajstić information content (AvgIpc) is 2.55. The van der Waals surface area contributed by atoms with Crippen LogP contribution >= 0.6 is 0 Å². The molecule has 0 bridgehead atoms. The van der Waals surface area contributed by atoms with Gasteiger partial charge in [-0.3, -0.25) is 0 Å². The van der Waals surface area contributed by atoms with Gasteiger partial charge in [-0.15, -0.1) is 13.2 Å². The molecule has 0 amide bonds. The minimum atomic E-state index is -0.987. The maximum absolute atomic E-state index is 11.2. The highest BCUT2D eigenvalue weighted by Gasteiger charge is 2.14. The third-order valence-electron chi connectivity index (χ3n) is 3.72. The van der Waals surface area contributed by atoms with Crippen LogP contribution in [-0.2, 0) is 12.8 Å². The lowest BCUT2D eigenvalue weighted by Crippen LogP contribution is -2.02. The first-order valence-electron chi connectivity index (χ1n) is 7.42. The van der Waals surface area contributed by atoms with E-state index in [1.54, 1.807) is 48.6 Å². The lowest BCUT2D eigenvalue weighted by atomic mass is 9.90. The maximum Gasteiger partial charge on any atom is 0.335 e. The van der Waals surface area contributed by atoms with E-state index in [9.17, 15) is 19.8 Å². The first-order chi connectivity index (χ1) is 11.5. The van der Waals surface area contributed by atoms with Crippen LogP contribution in [0.5, 0.6) is 0 Å². The highest BCUT2D eigenvalue weighted by molar-refractivity contribution is 5.91. The molecule has 4 nitrogen and oxygen atoms in total. The summed E-state index contributed by atoms with van der Waals surface area (Å²) >= 11 is 0. The SMILES string of the molecule is C=CCc1cc(C(=O)O)ccc1-c1ccc(C(=O)O)cc1CC=C. The quantitative estimate of drug-likeness (QED) is 0.749. The largest absolute Gasteiger partial charge is 0.478 e. The second kappa shape index (κ2) is 7.42. The lowest BCUT2D eigenvalue weighted by molar-refractivity contribution is 0.0686. The minimum absolute atomic E-state index is 0.211. The number of carboxylic acid groups (broad SMARTS) is 2. The maximum atomic E-state index is 11.2. The third kappa shape index (κ3) is 3.60. The van der Waals surface area contributed by atoms with Gasteiger partial charge in [0.1, 0.15) is 0 Å². The van der Waals surface area contributed by atoms with Crippen LogP contribution in [0.25, 0.3) is 11.1 Å². The van der Waals surface area contributed by atoms with Gasteiger partial charge in [0.05, 0.1) is 11.1 Å². The Balaban J connectivity index is 2.65. The van der Waals surface area contributed by atoms with E-state index in [1.807, 2.05) is 0 Å². The topological polar surface area (TPSA) is 74.6 Å². The number of carboxylic acids is 2. The molecule has 0 fully saturated rings. The molecule has 0 unspecified atom stereocenters. The molecule has 0 saturated carbocycles. The van der Waals surface area contributed by atoms with Crippen molar-refractivity contribution >= 4 is 11.9 Å². The first-order valence-corrected chi connectivity index (χ1v) is 7.42. The number of hydrogen-bond donors (Lipinski definition) is 2. The first kappa shape index (κ1) is 17.2. The van der Waals surface area contributed by atoms with Crippen molar-refractivity contribution in [3.63, 3.8) is 0 Å². The molecule has 0 aromatic heterocycles. The number of rotatable bonds is 7. The standard InChI is InChI=1S/C20H18O4/c1-3-5-13-11-15(19(21)22)7-9-17(13)18-10-8-16(20(23)24)12-14(18)6-4-2/h3-4,7-12H,1-2,5-6H2,(H,21,22)(H,23,24). The Morgan fingerprint density at radius 1 is 0.792 bits per heavy atom. The van der Waals surface area contributed by atoms with Crippen molar-refractivity contribution in [1.29, 1.82) is 0 Å². The zero-order valence-corrected chi connectivity index (χ0v) is 13.2. The molecule has 0 saturated heterocycles. The second-order valence-corrected chi connectivity index (χ2v) is 5.34. The third-order valence-corrected chi connectivity index (χ3v) is 3.72. The Hall–Kier alpha value is -3.14. The van der Waals surface area contributed by atoms with E-state index < -0.39 is 11.9 Å². The molecule has 2 aromatic rings. The Morgan fingerprint density at radius 2 is 1.17 bits per heavy atom. The summed E-state index contributed by atoms with van der Waals surface area (Å²) in [7, 11) is 0. The summed E-state index contributed by atoms with van der Waals surface area (Å²) in [4.78, 5) is 22.4. The fraction of sp³-hybridized carbons (Fsp3) is 0.100. The highest BCUT2D eigenvalue weighted by Crippen LogP contribution is 2.30. The molecule has 0 atom stereocenters. The van der Waals surface area contributed by atoms with E-state index in [-0.39, 0.29) is 11.1 Å². The molecule has 0 aliphatic heterocycles. The summed E-state index contributed by atoms with van der Waals surface area (Å²) in [6.07, 6.45) is 4.46. The van der Waals surface area contributed by atoms with Gasteiger partial charge >= 0.3 is 11.9 Å². The van der Waals surface area contributed by atoms with Crippen LogP contribution in [0.2, 0.25) is 0 Å². The Bertz CT molecular complexity index is 749. The Kier molecular flexibility index (Phi) is 5.32. The van der Waals surface area contributed by atoms with E-state index in [4.69, 9.17) is 0 Å². The molecular weight excluding hydrogens is 304 g/mol. The predicted molar refractivity (Wildman–Crippen MR) is 93.6 cm³/mol. The van der Waals surface area contributed by atoms with Gasteiger partial charge < -0.3 is 10.2 Å². The fourth-order valence-corrected chi connectivity index (χ4v) is 2.63. The summed E-state index contributed by atoms with van der Waals surface area (Å²) in [5.74, 6) is -1.97. The molecular formula is C20H18O4. The van der Waals surface area contributed by atoms with Gasteiger partial charge in [-0.05, 0) is 59.4 Å². The number of carbonyl (C=O) groups is 2. The summed E-state index contributed by atoms with van der Waals surface area (Å²) in [5, 5.41) is 18.3. The van der Waals surface area contributed by atoms with Crippen molar-refractivity contribution < 1.29 is 19.8 Å². The van der Waals surface area contributed by atoms with E-state index in [0.29, 0.717) is 12.8 Å². The van der Waals surface area contributed by atoms with Crippen LogP contribution < -0.4 is 0 Å². The molecule has 2 N–H and O–H groups in total. The Labute approximate surface area is 140 Å². The van der Waals surface area contributed by atoms with Gasteiger partial charge in [-0.25, -0.2) is 9.59 Å². The number of allylic oxidation sites excluding steroid dienone is 2. The molecule has 122 valence electrons. The van der Waals surface area contributed by atoms with Gasteiger partial charge in [-0.1, -0.05) is 24.3 Å². The molecule has 0 radical (unpaired) electrons. The number of benzene rings is 2. The van der Waals surface area contributed by atoms with Crippen LogP contribution in [-0.4, -0.2) is 22.2 Å². The predicted octanol–water partition coefficient (Wildman–Crippen LogP) is 4.21. The van der Waals surface area contributed by atoms with Gasteiger partial charge in [0.15, 0.2) is 0 Å². The molecule has 0 aliphatic rings. The van der Waals surface area contributed by atoms with Crippen molar-refractivity contribution in [2.75, 3.05) is 0 Å². The van der Waals surface area contributed by atoms with Crippen LogP contribution in [0.15, 0.2) is 61.7 Å². The summed E-state index contributed by atoms with van der Waals surface area (Å²) in [6.45, 7) is 7.44. The molecule has 24 heavy (non-hydrogen) atoms.